The molecule has 0 aromatic heterocycles. The normalized spacial score (nSPS) is 32.8. The van der Waals surface area contributed by atoms with Crippen molar-refractivity contribution in [1.82, 2.24) is 10.2 Å². The lowest BCUT2D eigenvalue weighted by Gasteiger charge is -2.34. The van der Waals surface area contributed by atoms with Crippen molar-refractivity contribution < 1.29 is 4.79 Å². The molecule has 1 heterocycles. The van der Waals surface area contributed by atoms with E-state index in [9.17, 15) is 4.79 Å². The first-order valence-corrected chi connectivity index (χ1v) is 7.55. The van der Waals surface area contributed by atoms with E-state index in [1.54, 1.807) is 0 Å². The van der Waals surface area contributed by atoms with Crippen LogP contribution in [-0.4, -0.2) is 29.1 Å². The fraction of sp³-hybridized carbons (Fsp3) is 0.933. The van der Waals surface area contributed by atoms with Gasteiger partial charge in [0.15, 0.2) is 0 Å². The summed E-state index contributed by atoms with van der Waals surface area (Å²) in [6.45, 7) is 7.76. The van der Waals surface area contributed by atoms with Gasteiger partial charge in [-0.3, -0.25) is 10.1 Å². The van der Waals surface area contributed by atoms with Crippen LogP contribution in [-0.2, 0) is 4.79 Å². The van der Waals surface area contributed by atoms with Gasteiger partial charge in [0, 0.05) is 6.54 Å². The highest BCUT2D eigenvalue weighted by Gasteiger charge is 2.60. The zero-order chi connectivity index (χ0) is 13.0. The van der Waals surface area contributed by atoms with Crippen molar-refractivity contribution in [2.24, 2.45) is 11.3 Å². The Bertz CT molecular complexity index is 354. The monoisotopic (exact) mass is 250 g/mol. The summed E-state index contributed by atoms with van der Waals surface area (Å²) < 4.78 is 0. The molecule has 0 aromatic carbocycles. The topological polar surface area (TPSA) is 32.3 Å². The molecular formula is C15H26N2O. The first-order valence-electron chi connectivity index (χ1n) is 7.55. The number of nitrogens with one attached hydrogen (secondary N) is 1. The predicted molar refractivity (Wildman–Crippen MR) is 72.0 cm³/mol. The molecule has 0 radical (unpaired) electrons. The first kappa shape index (κ1) is 12.5. The van der Waals surface area contributed by atoms with Crippen LogP contribution >= 0.6 is 0 Å². The van der Waals surface area contributed by atoms with Crippen LogP contribution in [0.5, 0.6) is 0 Å². The van der Waals surface area contributed by atoms with Gasteiger partial charge in [-0.05, 0) is 37.0 Å². The minimum Gasteiger partial charge on any atom is -0.325 e. The first-order chi connectivity index (χ1) is 8.46. The summed E-state index contributed by atoms with van der Waals surface area (Å²) in [6, 6.07) is 0. The summed E-state index contributed by atoms with van der Waals surface area (Å²) >= 11 is 0. The van der Waals surface area contributed by atoms with E-state index in [4.69, 9.17) is 0 Å². The highest BCUT2D eigenvalue weighted by Crippen LogP contribution is 2.46. The SMILES string of the molecule is CC(C)C1NC2(CC2)C(=O)N1CC1(C)CCCC1. The minimum absolute atomic E-state index is 0.149. The van der Waals surface area contributed by atoms with Crippen molar-refractivity contribution in [2.45, 2.75) is 71.0 Å². The summed E-state index contributed by atoms with van der Waals surface area (Å²) in [6.07, 6.45) is 7.60. The van der Waals surface area contributed by atoms with Crippen LogP contribution in [0.2, 0.25) is 0 Å². The molecule has 1 N–H and O–H groups in total. The number of hydrogen-bond acceptors (Lipinski definition) is 2. The van der Waals surface area contributed by atoms with E-state index < -0.39 is 0 Å². The number of carbonyl (C=O) groups excluding carboxylic acids is 1. The Hall–Kier alpha value is -0.570. The third kappa shape index (κ3) is 1.87. The standard InChI is InChI=1S/C15H26N2O/c1-11(2)12-16-15(8-9-15)13(18)17(12)10-14(3)6-4-5-7-14/h11-12,16H,4-10H2,1-3H3. The summed E-state index contributed by atoms with van der Waals surface area (Å²) in [5, 5.41) is 3.61. The van der Waals surface area contributed by atoms with Crippen LogP contribution in [0.1, 0.15) is 59.3 Å². The minimum atomic E-state index is -0.149. The van der Waals surface area contributed by atoms with Crippen LogP contribution in [0.4, 0.5) is 0 Å². The maximum atomic E-state index is 12.6. The Labute approximate surface area is 110 Å². The van der Waals surface area contributed by atoms with Crippen LogP contribution in [0, 0.1) is 11.3 Å². The smallest absolute Gasteiger partial charge is 0.244 e. The Morgan fingerprint density at radius 3 is 2.39 bits per heavy atom. The van der Waals surface area contributed by atoms with Gasteiger partial charge in [-0.2, -0.15) is 0 Å². The van der Waals surface area contributed by atoms with E-state index in [2.05, 4.69) is 31.0 Å². The summed E-state index contributed by atoms with van der Waals surface area (Å²) in [7, 11) is 0. The van der Waals surface area contributed by atoms with Crippen molar-refractivity contribution in [3.63, 3.8) is 0 Å². The quantitative estimate of drug-likeness (QED) is 0.834. The van der Waals surface area contributed by atoms with Gasteiger partial charge in [-0.25, -0.2) is 0 Å². The molecule has 3 fully saturated rings. The third-order valence-electron chi connectivity index (χ3n) is 5.17. The molecule has 3 heteroatoms. The van der Waals surface area contributed by atoms with Crippen LogP contribution in [0.3, 0.4) is 0 Å². The highest BCUT2D eigenvalue weighted by molar-refractivity contribution is 5.91. The third-order valence-corrected chi connectivity index (χ3v) is 5.17. The Kier molecular flexibility index (Phi) is 2.74. The van der Waals surface area contributed by atoms with Crippen molar-refractivity contribution >= 4 is 5.91 Å². The summed E-state index contributed by atoms with van der Waals surface area (Å²) in [5.74, 6) is 0.883. The van der Waals surface area contributed by atoms with Crippen molar-refractivity contribution in [1.29, 1.82) is 0 Å². The Morgan fingerprint density at radius 1 is 1.28 bits per heavy atom. The van der Waals surface area contributed by atoms with Crippen molar-refractivity contribution in [2.75, 3.05) is 6.54 Å². The van der Waals surface area contributed by atoms with Gasteiger partial charge in [0.05, 0.1) is 11.7 Å². The van der Waals surface area contributed by atoms with Gasteiger partial charge >= 0.3 is 0 Å². The highest BCUT2D eigenvalue weighted by atomic mass is 16.2. The Morgan fingerprint density at radius 2 is 1.89 bits per heavy atom. The number of carbonyl (C=O) groups is 1. The predicted octanol–water partition coefficient (Wildman–Crippen LogP) is 2.51. The van der Waals surface area contributed by atoms with Crippen LogP contribution in [0.25, 0.3) is 0 Å². The molecule has 1 amide bonds. The van der Waals surface area contributed by atoms with Gasteiger partial charge in [0.25, 0.3) is 0 Å². The second kappa shape index (κ2) is 3.96. The maximum absolute atomic E-state index is 12.6. The molecule has 1 atom stereocenters. The molecule has 1 saturated heterocycles. The summed E-state index contributed by atoms with van der Waals surface area (Å²) in [5.41, 5.74) is 0.217. The zero-order valence-electron chi connectivity index (χ0n) is 12.0. The molecule has 1 unspecified atom stereocenters. The van der Waals surface area contributed by atoms with Crippen LogP contribution < -0.4 is 5.32 Å². The lowest BCUT2D eigenvalue weighted by Crippen LogP contribution is -2.45. The number of rotatable bonds is 3. The van der Waals surface area contributed by atoms with Gasteiger partial charge in [0.1, 0.15) is 0 Å². The lowest BCUT2D eigenvalue weighted by molar-refractivity contribution is -0.132. The average Bonchev–Trinajstić information content (AvgIpc) is 2.90. The molecule has 1 spiro atoms. The number of amides is 1. The molecule has 1 aliphatic heterocycles. The van der Waals surface area contributed by atoms with Gasteiger partial charge < -0.3 is 4.90 Å². The second-order valence-corrected chi connectivity index (χ2v) is 7.37. The fourth-order valence-corrected chi connectivity index (χ4v) is 3.80. The van der Waals surface area contributed by atoms with E-state index in [1.807, 2.05) is 0 Å². The molecule has 0 bridgehead atoms. The van der Waals surface area contributed by atoms with E-state index in [0.717, 1.165) is 19.4 Å². The molecule has 3 aliphatic rings. The van der Waals surface area contributed by atoms with E-state index >= 15 is 0 Å². The lowest BCUT2D eigenvalue weighted by atomic mass is 9.88. The molecule has 2 saturated carbocycles. The van der Waals surface area contributed by atoms with Gasteiger partial charge in [-0.1, -0.05) is 33.6 Å². The van der Waals surface area contributed by atoms with Crippen molar-refractivity contribution in [3.8, 4) is 0 Å². The molecule has 3 rings (SSSR count). The van der Waals surface area contributed by atoms with Crippen molar-refractivity contribution in [3.05, 3.63) is 0 Å². The molecular weight excluding hydrogens is 224 g/mol. The molecule has 0 aromatic rings. The number of hydrogen-bond donors (Lipinski definition) is 1. The van der Waals surface area contributed by atoms with E-state index in [0.29, 0.717) is 17.2 Å². The van der Waals surface area contributed by atoms with E-state index in [-0.39, 0.29) is 11.7 Å². The molecule has 18 heavy (non-hydrogen) atoms. The fourth-order valence-electron chi connectivity index (χ4n) is 3.80. The van der Waals surface area contributed by atoms with E-state index in [1.165, 1.54) is 25.7 Å². The average molecular weight is 250 g/mol. The molecule has 2 aliphatic carbocycles. The van der Waals surface area contributed by atoms with Gasteiger partial charge in [-0.15, -0.1) is 0 Å². The molecule has 102 valence electrons. The maximum Gasteiger partial charge on any atom is 0.244 e. The summed E-state index contributed by atoms with van der Waals surface area (Å²) in [4.78, 5) is 14.8. The largest absolute Gasteiger partial charge is 0.325 e. The molecule has 3 nitrogen and oxygen atoms in total. The van der Waals surface area contributed by atoms with Crippen LogP contribution in [0.15, 0.2) is 0 Å². The number of nitrogens with zero attached hydrogens (tertiary/aromatic N) is 1. The Balaban J connectivity index is 1.77. The van der Waals surface area contributed by atoms with Gasteiger partial charge in [0.2, 0.25) is 5.91 Å². The zero-order valence-corrected chi connectivity index (χ0v) is 12.0. The second-order valence-electron chi connectivity index (χ2n) is 7.37.